The standard InChI is InChI=1S/C16H17FN2O2/c1-11(21-15-7-5-13(17)6-8-15)16(20)19-14-4-2-3-12(9-14)10-18/h2-9,11H,10,18H2,1H3,(H,19,20). The Balaban J connectivity index is 1.97. The van der Waals surface area contributed by atoms with Gasteiger partial charge >= 0.3 is 0 Å². The van der Waals surface area contributed by atoms with Crippen molar-refractivity contribution in [2.45, 2.75) is 19.6 Å². The van der Waals surface area contributed by atoms with Crippen molar-refractivity contribution in [2.24, 2.45) is 5.73 Å². The third-order valence-corrected chi connectivity index (χ3v) is 2.93. The highest BCUT2D eigenvalue weighted by Crippen LogP contribution is 2.15. The van der Waals surface area contributed by atoms with E-state index in [0.717, 1.165) is 5.56 Å². The van der Waals surface area contributed by atoms with E-state index in [2.05, 4.69) is 5.32 Å². The lowest BCUT2D eigenvalue weighted by Gasteiger charge is -2.15. The molecule has 110 valence electrons. The van der Waals surface area contributed by atoms with Gasteiger partial charge in [-0.2, -0.15) is 0 Å². The third kappa shape index (κ3) is 4.29. The van der Waals surface area contributed by atoms with Gasteiger partial charge in [0.15, 0.2) is 6.10 Å². The van der Waals surface area contributed by atoms with Crippen LogP contribution in [0.25, 0.3) is 0 Å². The summed E-state index contributed by atoms with van der Waals surface area (Å²) in [5, 5.41) is 2.75. The van der Waals surface area contributed by atoms with Crippen LogP contribution in [0.4, 0.5) is 10.1 Å². The van der Waals surface area contributed by atoms with E-state index in [4.69, 9.17) is 10.5 Å². The predicted octanol–water partition coefficient (Wildman–Crippen LogP) is 2.69. The molecule has 5 heteroatoms. The number of ether oxygens (including phenoxy) is 1. The zero-order valence-corrected chi connectivity index (χ0v) is 11.7. The van der Waals surface area contributed by atoms with Crippen LogP contribution in [0.1, 0.15) is 12.5 Å². The lowest BCUT2D eigenvalue weighted by molar-refractivity contribution is -0.122. The van der Waals surface area contributed by atoms with Crippen LogP contribution in [0.3, 0.4) is 0 Å². The summed E-state index contributed by atoms with van der Waals surface area (Å²) >= 11 is 0. The van der Waals surface area contributed by atoms with Crippen molar-refractivity contribution in [3.63, 3.8) is 0 Å². The van der Waals surface area contributed by atoms with E-state index in [0.29, 0.717) is 18.0 Å². The number of nitrogens with two attached hydrogens (primary N) is 1. The van der Waals surface area contributed by atoms with Crippen LogP contribution in [-0.2, 0) is 11.3 Å². The SMILES string of the molecule is CC(Oc1ccc(F)cc1)C(=O)Nc1cccc(CN)c1. The summed E-state index contributed by atoms with van der Waals surface area (Å²) in [5.41, 5.74) is 7.15. The summed E-state index contributed by atoms with van der Waals surface area (Å²) in [4.78, 5) is 12.0. The van der Waals surface area contributed by atoms with Crippen LogP contribution in [0.15, 0.2) is 48.5 Å². The Labute approximate surface area is 122 Å². The lowest BCUT2D eigenvalue weighted by Crippen LogP contribution is -2.30. The number of anilines is 1. The van der Waals surface area contributed by atoms with Gasteiger partial charge in [-0.3, -0.25) is 4.79 Å². The molecule has 3 N–H and O–H groups in total. The minimum atomic E-state index is -0.697. The maximum absolute atomic E-state index is 12.8. The van der Waals surface area contributed by atoms with Gasteiger partial charge in [0.05, 0.1) is 0 Å². The molecule has 0 aliphatic carbocycles. The minimum Gasteiger partial charge on any atom is -0.481 e. The van der Waals surface area contributed by atoms with Crippen LogP contribution >= 0.6 is 0 Å². The van der Waals surface area contributed by atoms with Gasteiger partial charge in [-0.15, -0.1) is 0 Å². The Morgan fingerprint density at radius 2 is 2.00 bits per heavy atom. The normalized spacial score (nSPS) is 11.8. The van der Waals surface area contributed by atoms with Crippen molar-refractivity contribution in [1.29, 1.82) is 0 Å². The number of nitrogens with one attached hydrogen (secondary N) is 1. The first-order chi connectivity index (χ1) is 10.1. The molecule has 21 heavy (non-hydrogen) atoms. The highest BCUT2D eigenvalue weighted by Gasteiger charge is 2.15. The molecule has 0 radical (unpaired) electrons. The van der Waals surface area contributed by atoms with E-state index in [1.54, 1.807) is 13.0 Å². The van der Waals surface area contributed by atoms with Gasteiger partial charge in [-0.25, -0.2) is 4.39 Å². The van der Waals surface area contributed by atoms with Crippen LogP contribution in [-0.4, -0.2) is 12.0 Å². The van der Waals surface area contributed by atoms with Crippen LogP contribution in [0.2, 0.25) is 0 Å². The summed E-state index contributed by atoms with van der Waals surface area (Å²) < 4.78 is 18.3. The second-order valence-electron chi connectivity index (χ2n) is 4.61. The van der Waals surface area contributed by atoms with Crippen molar-refractivity contribution >= 4 is 11.6 Å². The average Bonchev–Trinajstić information content (AvgIpc) is 2.49. The number of amides is 1. The number of rotatable bonds is 5. The molecule has 2 rings (SSSR count). The predicted molar refractivity (Wildman–Crippen MR) is 79.5 cm³/mol. The first-order valence-corrected chi connectivity index (χ1v) is 6.60. The third-order valence-electron chi connectivity index (χ3n) is 2.93. The minimum absolute atomic E-state index is 0.284. The molecule has 0 saturated heterocycles. The molecular weight excluding hydrogens is 271 g/mol. The molecule has 0 saturated carbocycles. The molecule has 4 nitrogen and oxygen atoms in total. The topological polar surface area (TPSA) is 64.3 Å². The molecule has 0 fully saturated rings. The van der Waals surface area contributed by atoms with Crippen molar-refractivity contribution in [1.82, 2.24) is 0 Å². The van der Waals surface area contributed by atoms with Crippen LogP contribution < -0.4 is 15.8 Å². The van der Waals surface area contributed by atoms with Gasteiger partial charge < -0.3 is 15.8 Å². The molecule has 0 aliphatic heterocycles. The van der Waals surface area contributed by atoms with Gasteiger partial charge in [-0.1, -0.05) is 12.1 Å². The number of benzene rings is 2. The van der Waals surface area contributed by atoms with Gasteiger partial charge in [0, 0.05) is 12.2 Å². The Kier molecular flexibility index (Phi) is 4.90. The van der Waals surface area contributed by atoms with Crippen LogP contribution in [0, 0.1) is 5.82 Å². The number of halogens is 1. The van der Waals surface area contributed by atoms with Crippen LogP contribution in [0.5, 0.6) is 5.75 Å². The summed E-state index contributed by atoms with van der Waals surface area (Å²) in [5.74, 6) is -0.193. The van der Waals surface area contributed by atoms with Crippen molar-refractivity contribution in [3.05, 3.63) is 59.9 Å². The van der Waals surface area contributed by atoms with E-state index in [1.165, 1.54) is 24.3 Å². The first kappa shape index (κ1) is 15.0. The fourth-order valence-electron chi connectivity index (χ4n) is 1.79. The molecule has 1 atom stereocenters. The molecule has 0 bridgehead atoms. The number of hydrogen-bond acceptors (Lipinski definition) is 3. The molecular formula is C16H17FN2O2. The van der Waals surface area contributed by atoms with Crippen molar-refractivity contribution < 1.29 is 13.9 Å². The second-order valence-corrected chi connectivity index (χ2v) is 4.61. The molecule has 0 heterocycles. The van der Waals surface area contributed by atoms with Gasteiger partial charge in [0.1, 0.15) is 11.6 Å². The highest BCUT2D eigenvalue weighted by molar-refractivity contribution is 5.94. The molecule has 2 aromatic rings. The quantitative estimate of drug-likeness (QED) is 0.889. The number of carbonyl (C=O) groups is 1. The van der Waals surface area contributed by atoms with E-state index >= 15 is 0 Å². The van der Waals surface area contributed by atoms with Gasteiger partial charge in [0.25, 0.3) is 5.91 Å². The molecule has 1 amide bonds. The van der Waals surface area contributed by atoms with E-state index in [9.17, 15) is 9.18 Å². The summed E-state index contributed by atoms with van der Waals surface area (Å²) in [6, 6.07) is 12.8. The lowest BCUT2D eigenvalue weighted by atomic mass is 10.2. The molecule has 2 aromatic carbocycles. The van der Waals surface area contributed by atoms with Gasteiger partial charge in [-0.05, 0) is 48.9 Å². The maximum atomic E-state index is 12.8. The Morgan fingerprint density at radius 3 is 2.67 bits per heavy atom. The van der Waals surface area contributed by atoms with E-state index < -0.39 is 6.10 Å². The van der Waals surface area contributed by atoms with E-state index in [1.807, 2.05) is 18.2 Å². The Bertz CT molecular complexity index is 614. The largest absolute Gasteiger partial charge is 0.481 e. The van der Waals surface area contributed by atoms with E-state index in [-0.39, 0.29) is 11.7 Å². The second kappa shape index (κ2) is 6.85. The zero-order chi connectivity index (χ0) is 15.2. The van der Waals surface area contributed by atoms with Crippen molar-refractivity contribution in [2.75, 3.05) is 5.32 Å². The summed E-state index contributed by atoms with van der Waals surface area (Å²) in [6.07, 6.45) is -0.697. The number of carbonyl (C=O) groups excluding carboxylic acids is 1. The first-order valence-electron chi connectivity index (χ1n) is 6.60. The fourth-order valence-corrected chi connectivity index (χ4v) is 1.79. The maximum Gasteiger partial charge on any atom is 0.265 e. The zero-order valence-electron chi connectivity index (χ0n) is 11.7. The highest BCUT2D eigenvalue weighted by atomic mass is 19.1. The summed E-state index contributed by atoms with van der Waals surface area (Å²) in [6.45, 7) is 2.04. The molecule has 0 aromatic heterocycles. The summed E-state index contributed by atoms with van der Waals surface area (Å²) in [7, 11) is 0. The molecule has 1 unspecified atom stereocenters. The monoisotopic (exact) mass is 288 g/mol. The van der Waals surface area contributed by atoms with Gasteiger partial charge in [0.2, 0.25) is 0 Å². The fraction of sp³-hybridized carbons (Fsp3) is 0.188. The van der Waals surface area contributed by atoms with Crippen molar-refractivity contribution in [3.8, 4) is 5.75 Å². The smallest absolute Gasteiger partial charge is 0.265 e. The average molecular weight is 288 g/mol. The molecule has 0 spiro atoms. The molecule has 0 aliphatic rings. The Hall–Kier alpha value is -2.40. The Morgan fingerprint density at radius 1 is 1.29 bits per heavy atom. The number of hydrogen-bond donors (Lipinski definition) is 2.